The van der Waals surface area contributed by atoms with Gasteiger partial charge in [0.1, 0.15) is 0 Å². The van der Waals surface area contributed by atoms with Crippen molar-refractivity contribution in [2.75, 3.05) is 6.26 Å². The first-order chi connectivity index (χ1) is 13.4. The molecule has 0 radical (unpaired) electrons. The Balaban J connectivity index is 1.44. The van der Waals surface area contributed by atoms with Crippen LogP contribution in [0.3, 0.4) is 0 Å². The van der Waals surface area contributed by atoms with Gasteiger partial charge in [-0.05, 0) is 65.3 Å². The average Bonchev–Trinajstić information content (AvgIpc) is 3.15. The molecule has 1 saturated carbocycles. The van der Waals surface area contributed by atoms with Crippen LogP contribution in [0.4, 0.5) is 0 Å². The maximum Gasteiger partial charge on any atom is 0.246 e. The first kappa shape index (κ1) is 19.1. The highest BCUT2D eigenvalue weighted by atomic mass is 32.2. The molecule has 5 heteroatoms. The molecular weight excluding hydrogens is 368 g/mol. The van der Waals surface area contributed by atoms with Crippen LogP contribution in [0.25, 0.3) is 10.8 Å². The number of nitrogens with zero attached hydrogens (tertiary/aromatic N) is 2. The third kappa shape index (κ3) is 3.95. The van der Waals surface area contributed by atoms with Gasteiger partial charge < -0.3 is 0 Å². The summed E-state index contributed by atoms with van der Waals surface area (Å²) in [6.45, 7) is 2.33. The largest absolute Gasteiger partial charge is 0.246 e. The minimum Gasteiger partial charge on any atom is -0.227 e. The van der Waals surface area contributed by atoms with Crippen LogP contribution in [0.1, 0.15) is 55.6 Å². The van der Waals surface area contributed by atoms with E-state index in [1.54, 1.807) is 12.4 Å². The first-order valence-electron chi connectivity index (χ1n) is 9.91. The minimum atomic E-state index is -3.34. The molecule has 28 heavy (non-hydrogen) atoms. The molecule has 0 saturated heterocycles. The number of benzene rings is 2. The van der Waals surface area contributed by atoms with Crippen molar-refractivity contribution < 1.29 is 8.42 Å². The Kier molecular flexibility index (Phi) is 5.19. The van der Waals surface area contributed by atoms with E-state index in [0.717, 1.165) is 24.7 Å². The fraction of sp³-hybridized carbons (Fsp3) is 0.391. The molecule has 1 aliphatic carbocycles. The number of fused-ring (bicyclic) bond motifs is 1. The van der Waals surface area contributed by atoms with Crippen LogP contribution in [0.5, 0.6) is 0 Å². The van der Waals surface area contributed by atoms with Gasteiger partial charge in [-0.1, -0.05) is 49.4 Å². The highest BCUT2D eigenvalue weighted by Gasteiger charge is 2.28. The van der Waals surface area contributed by atoms with Crippen LogP contribution in [0, 0.1) is 5.92 Å². The Hall–Kier alpha value is -2.27. The van der Waals surface area contributed by atoms with E-state index in [1.165, 1.54) is 29.2 Å². The summed E-state index contributed by atoms with van der Waals surface area (Å²) in [6, 6.07) is 15.2. The van der Waals surface area contributed by atoms with Crippen LogP contribution in [-0.2, 0) is 9.84 Å². The van der Waals surface area contributed by atoms with Gasteiger partial charge in [0.15, 0.2) is 0 Å². The highest BCUT2D eigenvalue weighted by molar-refractivity contribution is 7.90. The maximum atomic E-state index is 11.5. The quantitative estimate of drug-likeness (QED) is 0.564. The van der Waals surface area contributed by atoms with E-state index < -0.39 is 9.84 Å². The fourth-order valence-corrected chi connectivity index (χ4v) is 5.12. The lowest BCUT2D eigenvalue weighted by atomic mass is 9.86. The van der Waals surface area contributed by atoms with Gasteiger partial charge >= 0.3 is 0 Å². The molecule has 146 valence electrons. The predicted octanol–water partition coefficient (Wildman–Crippen LogP) is 5.11. The van der Waals surface area contributed by atoms with Crippen molar-refractivity contribution in [2.24, 2.45) is 5.92 Å². The van der Waals surface area contributed by atoms with Gasteiger partial charge in [0.25, 0.3) is 0 Å². The van der Waals surface area contributed by atoms with Crippen molar-refractivity contribution in [3.05, 3.63) is 66.0 Å². The predicted molar refractivity (Wildman–Crippen MR) is 112 cm³/mol. The Bertz CT molecular complexity index is 1070. The molecule has 0 aliphatic heterocycles. The van der Waals surface area contributed by atoms with Gasteiger partial charge in [0, 0.05) is 18.6 Å². The van der Waals surface area contributed by atoms with Crippen LogP contribution in [-0.4, -0.2) is 24.6 Å². The van der Waals surface area contributed by atoms with Gasteiger partial charge in [0.05, 0.1) is 0 Å². The van der Waals surface area contributed by atoms with Crippen molar-refractivity contribution in [3.63, 3.8) is 0 Å². The van der Waals surface area contributed by atoms with Gasteiger partial charge in [-0.15, -0.1) is 0 Å². The minimum absolute atomic E-state index is 0.0876. The topological polar surface area (TPSA) is 59.9 Å². The van der Waals surface area contributed by atoms with Crippen LogP contribution < -0.4 is 0 Å². The highest BCUT2D eigenvalue weighted by Crippen LogP contribution is 2.42. The number of hydrogen-bond acceptors (Lipinski definition) is 4. The summed E-state index contributed by atoms with van der Waals surface area (Å²) in [5.74, 6) is 1.62. The average molecular weight is 395 g/mol. The second-order valence-corrected chi connectivity index (χ2v) is 10.1. The molecule has 0 amide bonds. The molecule has 1 aromatic heterocycles. The van der Waals surface area contributed by atoms with E-state index in [2.05, 4.69) is 59.4 Å². The molecule has 2 aromatic carbocycles. The van der Waals surface area contributed by atoms with Crippen LogP contribution >= 0.6 is 0 Å². The lowest BCUT2D eigenvalue weighted by molar-refractivity contribution is 0.455. The molecule has 3 aromatic rings. The molecule has 1 aliphatic rings. The van der Waals surface area contributed by atoms with E-state index in [9.17, 15) is 8.42 Å². The number of sulfone groups is 1. The molecule has 4 rings (SSSR count). The zero-order valence-corrected chi connectivity index (χ0v) is 17.2. The normalized spacial score (nSPS) is 21.1. The van der Waals surface area contributed by atoms with Gasteiger partial charge in [-0.2, -0.15) is 0 Å². The molecule has 1 fully saturated rings. The van der Waals surface area contributed by atoms with Gasteiger partial charge in [-0.3, -0.25) is 0 Å². The SMILES string of the molecule is C[C@@H](C[C@H]1CC[C@@H](c2cnc(S(C)(=O)=O)nc2)C1)c1cccc2ccccc12. The van der Waals surface area contributed by atoms with Crippen LogP contribution in [0.15, 0.2) is 60.0 Å². The Labute approximate surface area is 167 Å². The van der Waals surface area contributed by atoms with E-state index in [0.29, 0.717) is 17.8 Å². The Morgan fingerprint density at radius 2 is 1.75 bits per heavy atom. The summed E-state index contributed by atoms with van der Waals surface area (Å²) in [4.78, 5) is 8.13. The lowest BCUT2D eigenvalue weighted by Gasteiger charge is -2.19. The second-order valence-electron chi connectivity index (χ2n) is 8.15. The standard InChI is InChI=1S/C23H26N2O2S/c1-16(21-9-5-7-18-6-3-4-8-22(18)21)12-17-10-11-19(13-17)20-14-24-23(25-15-20)28(2,26)27/h3-9,14-17,19H,10-13H2,1-2H3/t16-,17+,19+/m0/s1. The van der Waals surface area contributed by atoms with Crippen LogP contribution in [0.2, 0.25) is 0 Å². The van der Waals surface area contributed by atoms with E-state index in [4.69, 9.17) is 0 Å². The number of hydrogen-bond donors (Lipinski definition) is 0. The monoisotopic (exact) mass is 394 g/mol. The van der Waals surface area contributed by atoms with Crippen molar-refractivity contribution in [3.8, 4) is 0 Å². The summed E-state index contributed by atoms with van der Waals surface area (Å²) in [5, 5.41) is 2.58. The number of rotatable bonds is 5. The Morgan fingerprint density at radius 1 is 1.04 bits per heavy atom. The van der Waals surface area contributed by atoms with E-state index in [1.807, 2.05) is 0 Å². The summed E-state index contributed by atoms with van der Waals surface area (Å²) >= 11 is 0. The van der Waals surface area contributed by atoms with E-state index >= 15 is 0 Å². The number of aromatic nitrogens is 2. The van der Waals surface area contributed by atoms with Crippen molar-refractivity contribution >= 4 is 20.6 Å². The van der Waals surface area contributed by atoms with Crippen molar-refractivity contribution in [1.29, 1.82) is 0 Å². The molecule has 3 atom stereocenters. The summed E-state index contributed by atoms with van der Waals surface area (Å²) < 4.78 is 23.1. The molecular formula is C23H26N2O2S. The molecule has 4 nitrogen and oxygen atoms in total. The zero-order valence-electron chi connectivity index (χ0n) is 16.4. The molecule has 0 spiro atoms. The lowest BCUT2D eigenvalue weighted by Crippen LogP contribution is -2.06. The summed E-state index contributed by atoms with van der Waals surface area (Å²) in [7, 11) is -3.34. The second kappa shape index (κ2) is 7.63. The third-order valence-corrected chi connectivity index (χ3v) is 6.91. The molecule has 0 unspecified atom stereocenters. The van der Waals surface area contributed by atoms with Crippen molar-refractivity contribution in [1.82, 2.24) is 9.97 Å². The summed E-state index contributed by atoms with van der Waals surface area (Å²) in [5.41, 5.74) is 2.50. The Morgan fingerprint density at radius 3 is 2.50 bits per heavy atom. The smallest absolute Gasteiger partial charge is 0.227 e. The zero-order chi connectivity index (χ0) is 19.7. The first-order valence-corrected chi connectivity index (χ1v) is 11.8. The maximum absolute atomic E-state index is 11.5. The molecule has 1 heterocycles. The van der Waals surface area contributed by atoms with Gasteiger partial charge in [-0.25, -0.2) is 18.4 Å². The third-order valence-electron chi connectivity index (χ3n) is 6.03. The van der Waals surface area contributed by atoms with E-state index in [-0.39, 0.29) is 5.16 Å². The van der Waals surface area contributed by atoms with Crippen molar-refractivity contribution in [2.45, 2.75) is 49.6 Å². The molecule has 0 bridgehead atoms. The van der Waals surface area contributed by atoms with Gasteiger partial charge in [0.2, 0.25) is 15.0 Å². The fourth-order valence-electron chi connectivity index (χ4n) is 4.63. The summed E-state index contributed by atoms with van der Waals surface area (Å²) in [6.07, 6.45) is 9.16. The molecule has 0 N–H and O–H groups in total.